The minimum absolute atomic E-state index is 0.000978. The van der Waals surface area contributed by atoms with Gasteiger partial charge in [-0.15, -0.1) is 0 Å². The molecule has 0 aromatic heterocycles. The van der Waals surface area contributed by atoms with Crippen LogP contribution in [0.5, 0.6) is 0 Å². The maximum absolute atomic E-state index is 14.4. The molecule has 0 aromatic rings. The molecule has 4 saturated heterocycles. The molecule has 7 aliphatic rings. The molecule has 7 heterocycles. The van der Waals surface area contributed by atoms with Crippen molar-refractivity contribution in [2.24, 2.45) is 35.5 Å². The van der Waals surface area contributed by atoms with Crippen LogP contribution in [-0.4, -0.2) is 330 Å². The monoisotopic (exact) mass is 1770 g/mol. The van der Waals surface area contributed by atoms with Gasteiger partial charge < -0.3 is 136 Å². The Hall–Kier alpha value is -4.15. The van der Waals surface area contributed by atoms with Crippen LogP contribution in [0.15, 0.2) is 71.9 Å². The van der Waals surface area contributed by atoms with E-state index in [9.17, 15) is 60.3 Å². The molecule has 31 heteroatoms. The first-order chi connectivity index (χ1) is 59.1. The average molecular weight is 1770 g/mol. The number of fused-ring (bicyclic) bond motifs is 4. The molecule has 0 aliphatic carbocycles. The number of aliphatic hydroxyl groups excluding tert-OH is 9. The van der Waals surface area contributed by atoms with Crippen molar-refractivity contribution >= 4 is 17.9 Å². The highest BCUT2D eigenvalue weighted by molar-refractivity contribution is 5.83. The van der Waals surface area contributed by atoms with Gasteiger partial charge in [-0.25, -0.2) is 14.4 Å². The first kappa shape index (κ1) is 107. The van der Waals surface area contributed by atoms with E-state index in [0.29, 0.717) is 68.9 Å². The number of esters is 3. The summed E-state index contributed by atoms with van der Waals surface area (Å²) in [5.74, 6) is -5.84. The fraction of sp³-hybridized carbons (Fsp3) is 0.839. The Morgan fingerprint density at radius 2 is 0.871 bits per heavy atom. The van der Waals surface area contributed by atoms with Crippen LogP contribution >= 0.6 is 0 Å². The molecule has 0 unspecified atom stereocenters. The maximum Gasteiger partial charge on any atom is 0.337 e. The van der Waals surface area contributed by atoms with E-state index in [1.165, 1.54) is 47.7 Å². The largest absolute Gasteiger partial charge is 0.459 e. The number of hydrogen-bond donors (Lipinski definition) is 9. The average Bonchev–Trinajstić information content (AvgIpc) is 0.807. The molecule has 0 radical (unpaired) electrons. The molecular formula is C93H156O31. The zero-order chi connectivity index (χ0) is 91.0. The van der Waals surface area contributed by atoms with Crippen molar-refractivity contribution in [1.29, 1.82) is 0 Å². The summed E-state index contributed by atoms with van der Waals surface area (Å²) in [5.41, 5.74) is 1.23. The Morgan fingerprint density at radius 3 is 1.27 bits per heavy atom. The van der Waals surface area contributed by atoms with Crippen LogP contribution in [0.1, 0.15) is 198 Å². The molecule has 31 nitrogen and oxygen atoms in total. The van der Waals surface area contributed by atoms with Crippen LogP contribution in [0, 0.1) is 35.5 Å². The smallest absolute Gasteiger partial charge is 0.337 e. The van der Waals surface area contributed by atoms with Crippen LogP contribution in [0.3, 0.4) is 0 Å². The van der Waals surface area contributed by atoms with E-state index in [-0.39, 0.29) is 113 Å². The minimum atomic E-state index is -1.89. The normalized spacial score (nSPS) is 40.2. The van der Waals surface area contributed by atoms with Gasteiger partial charge in [-0.3, -0.25) is 0 Å². The molecule has 714 valence electrons. The summed E-state index contributed by atoms with van der Waals surface area (Å²) in [6.07, 6.45) is 0.924. The fourth-order valence-electron chi connectivity index (χ4n) is 18.4. The second-order valence-electron chi connectivity index (χ2n) is 36.1. The van der Waals surface area contributed by atoms with E-state index in [1.54, 1.807) is 54.3 Å². The number of cyclic esters (lactones) is 2. The molecule has 0 saturated carbocycles. The molecule has 0 spiro atoms. The molecule has 124 heavy (non-hydrogen) atoms. The molecule has 7 rings (SSSR count). The van der Waals surface area contributed by atoms with Crippen molar-refractivity contribution in [1.82, 2.24) is 0 Å². The maximum atomic E-state index is 14.4. The summed E-state index contributed by atoms with van der Waals surface area (Å²) < 4.78 is 117. The highest BCUT2D eigenvalue weighted by Gasteiger charge is 2.48. The number of rotatable bonds is 27. The van der Waals surface area contributed by atoms with Gasteiger partial charge in [0.15, 0.2) is 24.8 Å². The van der Waals surface area contributed by atoms with E-state index in [4.69, 9.17) is 90.0 Å². The third-order valence-electron chi connectivity index (χ3n) is 26.5. The molecule has 4 fully saturated rings. The Balaban J connectivity index is 1.21. The molecular weight excluding hydrogens is 1610 g/mol. The van der Waals surface area contributed by atoms with Crippen molar-refractivity contribution in [3.63, 3.8) is 0 Å². The van der Waals surface area contributed by atoms with Gasteiger partial charge in [0.25, 0.3) is 0 Å². The topological polar surface area (TPSA) is 409 Å². The van der Waals surface area contributed by atoms with E-state index >= 15 is 0 Å². The lowest BCUT2D eigenvalue weighted by molar-refractivity contribution is -0.296. The Bertz CT molecular complexity index is 3250. The lowest BCUT2D eigenvalue weighted by Gasteiger charge is -2.42. The van der Waals surface area contributed by atoms with Gasteiger partial charge in [0.2, 0.25) is 0 Å². The first-order valence-electron chi connectivity index (χ1n) is 45.2. The summed E-state index contributed by atoms with van der Waals surface area (Å²) in [6, 6.07) is 0. The number of carbonyl (C=O) groups is 3. The van der Waals surface area contributed by atoms with Crippen molar-refractivity contribution in [2.75, 3.05) is 76.7 Å². The van der Waals surface area contributed by atoms with E-state index < -0.39 is 201 Å². The van der Waals surface area contributed by atoms with Gasteiger partial charge in [0.05, 0.1) is 142 Å². The third-order valence-corrected chi connectivity index (χ3v) is 26.5. The molecule has 7 aliphatic heterocycles. The van der Waals surface area contributed by atoms with Crippen LogP contribution in [0.25, 0.3) is 0 Å². The SMILES string of the molecule is CO[C@H]1C[C@H](CC[C@H](C)[C@H](O)[C@H](C)[C@@H]2C[C@H](O)C[C@H](O)[C@H](C)[C@@H](OC)C[C@@H]3CC=C[C@@H](C[C@@H](O[C@H]4OC[C@H](OC)[C@@H](OC)[C@@H]4O)C/C=C(C)/C=C/C(=O)O[C@H]([C@@H](C)[C@@H](O)[C@@H](C)CC[C@H]4C[C@H](OC)C[C@H](C)O4)C[C@H](O)C[C@H](O)[C@H](C)[C@@H](OC)C[C@@H]4CC=C[C@@H](C[C@@H](O[C@H]5OC[C@H](OC)[C@@H](OC)[C@@H]5OC(=O)[C@H](O)CO)C/C=C(C)/C=C/C(=O)O2)O4)O3)O[C@@H](C)C1. The number of aliphatic hydroxyl groups is 9. The number of allylic oxidation sites excluding steroid dienone is 4. The lowest BCUT2D eigenvalue weighted by Crippen LogP contribution is -2.58. The minimum Gasteiger partial charge on any atom is -0.459 e. The van der Waals surface area contributed by atoms with Crippen molar-refractivity contribution in [3.05, 3.63) is 71.9 Å². The number of carbonyl (C=O) groups excluding carboxylic acids is 3. The second-order valence-corrected chi connectivity index (χ2v) is 36.1. The molecule has 0 amide bonds. The van der Waals surface area contributed by atoms with Gasteiger partial charge in [0, 0.05) is 131 Å². The summed E-state index contributed by atoms with van der Waals surface area (Å²) in [5, 5.41) is 105. The summed E-state index contributed by atoms with van der Waals surface area (Å²) in [7, 11) is 12.3. The van der Waals surface area contributed by atoms with Gasteiger partial charge in [-0.2, -0.15) is 0 Å². The van der Waals surface area contributed by atoms with Crippen molar-refractivity contribution in [2.45, 2.75) is 387 Å². The van der Waals surface area contributed by atoms with Crippen molar-refractivity contribution in [3.8, 4) is 0 Å². The first-order valence-corrected chi connectivity index (χ1v) is 45.2. The number of methoxy groups -OCH3 is 8. The molecule has 37 atom stereocenters. The summed E-state index contributed by atoms with van der Waals surface area (Å²) in [4.78, 5) is 41.9. The molecule has 4 bridgehead atoms. The van der Waals surface area contributed by atoms with Gasteiger partial charge >= 0.3 is 17.9 Å². The van der Waals surface area contributed by atoms with Gasteiger partial charge in [-0.1, -0.05) is 101 Å². The van der Waals surface area contributed by atoms with Crippen LogP contribution in [-0.2, 0) is 104 Å². The third kappa shape index (κ3) is 33.9. The zero-order valence-corrected chi connectivity index (χ0v) is 76.9. The summed E-state index contributed by atoms with van der Waals surface area (Å²) in [6.45, 7) is 17.8. The predicted molar refractivity (Wildman–Crippen MR) is 458 cm³/mol. The standard InChI is InChI=1S/C93H156O31/c1-52-25-31-70(120-92-87(104)88(112-17)81(110-15)50-114-92)43-64-21-19-23-66(118-64)47-77(108-13)58(7)74(97)39-62(95)42-80(61(10)86(103)55(4)30-34-69-46-73(107-12)38-57(6)117-69)123-84(101)36-28-53(2)26-32-71(121-93-90(124-91(105)76(99)49-94)89(113-18)82(111-16)51-115-93)44-65-22-20-24-67(119-65)48-78(109-14)59(8)75(98)40-63(96)41-79(122-83(100)35-27-52)60(9)85(102)54(3)29-33-68-45-72(106-11)37-56(5)116-68/h19-22,25-28,35-36,54-82,85-90,92-99,102-104H,23-24,29-34,37-51H2,1-18H3/b35-27+,36-28+,52-25+,53-26+/t54-,55-,56-,57-,58-,59-,60+,61+,62+,63+,64-,65-,66-,67-,68-,69-,70-,71-,72+,73+,74-,75-,76+,77-,78-,79-,80-,81-,82-,85-,86-,87-,88+,89+,90-,92+,93+/m0/s1. The number of ether oxygens (including phenoxy) is 19. The highest BCUT2D eigenvalue weighted by atomic mass is 16.7. The van der Waals surface area contributed by atoms with E-state index in [2.05, 4.69) is 0 Å². The Morgan fingerprint density at radius 1 is 0.460 bits per heavy atom. The highest BCUT2D eigenvalue weighted by Crippen LogP contribution is 2.38. The molecule has 9 N–H and O–H groups in total. The molecule has 0 aromatic carbocycles. The Kier molecular flexibility index (Phi) is 47.1. The zero-order valence-electron chi connectivity index (χ0n) is 76.9. The van der Waals surface area contributed by atoms with E-state index in [1.807, 2.05) is 84.9 Å². The van der Waals surface area contributed by atoms with Crippen LogP contribution in [0.2, 0.25) is 0 Å². The summed E-state index contributed by atoms with van der Waals surface area (Å²) >= 11 is 0. The van der Waals surface area contributed by atoms with Gasteiger partial charge in [0.1, 0.15) is 42.7 Å². The van der Waals surface area contributed by atoms with Crippen LogP contribution < -0.4 is 0 Å². The predicted octanol–water partition coefficient (Wildman–Crippen LogP) is 8.06. The van der Waals surface area contributed by atoms with Crippen molar-refractivity contribution < 1.29 is 150 Å². The number of hydrogen-bond acceptors (Lipinski definition) is 31. The van der Waals surface area contributed by atoms with E-state index in [0.717, 1.165) is 19.3 Å². The quantitative estimate of drug-likeness (QED) is 0.0213. The second kappa shape index (κ2) is 54.6. The fourth-order valence-corrected chi connectivity index (χ4v) is 18.4. The Labute approximate surface area is 736 Å². The van der Waals surface area contributed by atoms with Crippen LogP contribution in [0.4, 0.5) is 0 Å². The van der Waals surface area contributed by atoms with Gasteiger partial charge in [-0.05, 0) is 129 Å². The lowest BCUT2D eigenvalue weighted by atomic mass is 9.83.